The molecule has 4 nitrogen and oxygen atoms in total. The van der Waals surface area contributed by atoms with Gasteiger partial charge in [0.2, 0.25) is 0 Å². The highest BCUT2D eigenvalue weighted by molar-refractivity contribution is 6.31. The van der Waals surface area contributed by atoms with E-state index in [-0.39, 0.29) is 12.1 Å². The van der Waals surface area contributed by atoms with Crippen LogP contribution in [0.15, 0.2) is 12.1 Å². The molecule has 0 radical (unpaired) electrons. The summed E-state index contributed by atoms with van der Waals surface area (Å²) in [5, 5.41) is 11.0. The lowest BCUT2D eigenvalue weighted by Gasteiger charge is -2.25. The van der Waals surface area contributed by atoms with Gasteiger partial charge in [-0.05, 0) is 45.0 Å². The first-order chi connectivity index (χ1) is 9.15. The minimum Gasteiger partial charge on any atom is -0.390 e. The third-order valence-electron chi connectivity index (χ3n) is 4.20. The van der Waals surface area contributed by atoms with Gasteiger partial charge in [-0.2, -0.15) is 0 Å². The van der Waals surface area contributed by atoms with Crippen molar-refractivity contribution in [1.29, 1.82) is 0 Å². The zero-order valence-corrected chi connectivity index (χ0v) is 12.0. The Hall–Kier alpha value is -0.840. The van der Waals surface area contributed by atoms with E-state index in [1.165, 1.54) is 12.8 Å². The highest BCUT2D eigenvalue weighted by atomic mass is 35.5. The average Bonchev–Trinajstić information content (AvgIpc) is 3.01. The number of pyridine rings is 1. The van der Waals surface area contributed by atoms with Crippen molar-refractivity contribution in [2.75, 3.05) is 31.1 Å². The van der Waals surface area contributed by atoms with E-state index < -0.39 is 0 Å². The van der Waals surface area contributed by atoms with Gasteiger partial charge in [-0.1, -0.05) is 11.6 Å². The van der Waals surface area contributed by atoms with Crippen molar-refractivity contribution in [2.45, 2.75) is 31.9 Å². The molecule has 2 aliphatic heterocycles. The summed E-state index contributed by atoms with van der Waals surface area (Å²) in [6.45, 7) is 5.66. The molecule has 0 aliphatic carbocycles. The molecule has 1 aromatic rings. The first-order valence-corrected chi connectivity index (χ1v) is 7.33. The fourth-order valence-electron chi connectivity index (χ4n) is 3.10. The number of anilines is 1. The molecule has 1 N–H and O–H groups in total. The Balaban J connectivity index is 1.74. The minimum atomic E-state index is -0.282. The Morgan fingerprint density at radius 1 is 1.26 bits per heavy atom. The fourth-order valence-corrected chi connectivity index (χ4v) is 3.20. The molecule has 3 heterocycles. The topological polar surface area (TPSA) is 39.6 Å². The van der Waals surface area contributed by atoms with Crippen molar-refractivity contribution in [1.82, 2.24) is 9.88 Å². The molecule has 2 fully saturated rings. The quantitative estimate of drug-likeness (QED) is 0.896. The molecule has 0 spiro atoms. The van der Waals surface area contributed by atoms with Crippen molar-refractivity contribution in [3.8, 4) is 0 Å². The van der Waals surface area contributed by atoms with Crippen LogP contribution >= 0.6 is 11.6 Å². The number of halogens is 1. The third-order valence-corrected chi connectivity index (χ3v) is 4.60. The van der Waals surface area contributed by atoms with Crippen LogP contribution in [0.25, 0.3) is 0 Å². The summed E-state index contributed by atoms with van der Waals surface area (Å²) in [5.41, 5.74) is 0.846. The number of β-amino-alcohol motifs (C(OH)–C–C–N with tert-alkyl or cyclic N) is 1. The molecule has 0 aromatic carbocycles. The molecule has 104 valence electrons. The fraction of sp³-hybridized carbons (Fsp3) is 0.643. The summed E-state index contributed by atoms with van der Waals surface area (Å²) >= 11 is 6.01. The minimum absolute atomic E-state index is 0.250. The molecule has 3 rings (SSSR count). The van der Waals surface area contributed by atoms with Crippen LogP contribution in [-0.2, 0) is 0 Å². The molecule has 0 amide bonds. The van der Waals surface area contributed by atoms with Crippen molar-refractivity contribution >= 4 is 17.4 Å². The maximum Gasteiger partial charge on any atom is 0.129 e. The van der Waals surface area contributed by atoms with Crippen LogP contribution in [-0.4, -0.2) is 53.3 Å². The van der Waals surface area contributed by atoms with Gasteiger partial charge in [-0.15, -0.1) is 0 Å². The smallest absolute Gasteiger partial charge is 0.129 e. The molecule has 0 unspecified atom stereocenters. The Bertz CT molecular complexity index is 462. The zero-order chi connectivity index (χ0) is 13.4. The number of rotatable bonds is 2. The van der Waals surface area contributed by atoms with Gasteiger partial charge < -0.3 is 10.0 Å². The van der Waals surface area contributed by atoms with E-state index in [1.54, 1.807) is 0 Å². The van der Waals surface area contributed by atoms with Gasteiger partial charge in [0, 0.05) is 13.1 Å². The van der Waals surface area contributed by atoms with Crippen LogP contribution in [0.5, 0.6) is 0 Å². The largest absolute Gasteiger partial charge is 0.390 e. The van der Waals surface area contributed by atoms with Gasteiger partial charge in [0.25, 0.3) is 0 Å². The van der Waals surface area contributed by atoms with Crippen molar-refractivity contribution in [3.63, 3.8) is 0 Å². The standard InChI is InChI=1S/C14H20ClN3O/c1-10-11(15)4-5-14(16-10)18-8-12(13(19)9-18)17-6-2-3-7-17/h4-5,12-13,19H,2-3,6-9H2,1H3/t12-,13-/m0/s1. The first-order valence-electron chi connectivity index (χ1n) is 6.95. The average molecular weight is 282 g/mol. The van der Waals surface area contributed by atoms with Crippen LogP contribution in [0.4, 0.5) is 5.82 Å². The summed E-state index contributed by atoms with van der Waals surface area (Å²) in [5.74, 6) is 0.919. The first kappa shape index (κ1) is 13.2. The van der Waals surface area contributed by atoms with Gasteiger partial charge in [0.1, 0.15) is 5.82 Å². The summed E-state index contributed by atoms with van der Waals surface area (Å²) in [4.78, 5) is 9.09. The molecule has 2 atom stereocenters. The van der Waals surface area contributed by atoms with E-state index in [1.807, 2.05) is 19.1 Å². The van der Waals surface area contributed by atoms with Crippen LogP contribution in [0.3, 0.4) is 0 Å². The molecule has 5 heteroatoms. The lowest BCUT2D eigenvalue weighted by atomic mass is 10.2. The van der Waals surface area contributed by atoms with Crippen molar-refractivity contribution in [3.05, 3.63) is 22.8 Å². The second-order valence-electron chi connectivity index (χ2n) is 5.52. The lowest BCUT2D eigenvalue weighted by Crippen LogP contribution is -2.41. The maximum atomic E-state index is 10.3. The Labute approximate surface area is 119 Å². The summed E-state index contributed by atoms with van der Waals surface area (Å²) in [6.07, 6.45) is 2.22. The predicted molar refractivity (Wildman–Crippen MR) is 76.8 cm³/mol. The number of aliphatic hydroxyl groups is 1. The van der Waals surface area contributed by atoms with E-state index in [0.29, 0.717) is 11.6 Å². The SMILES string of the molecule is Cc1nc(N2C[C@H](O)[C@@H](N3CCCC3)C2)ccc1Cl. The molecule has 0 saturated carbocycles. The molecule has 2 saturated heterocycles. The summed E-state index contributed by atoms with van der Waals surface area (Å²) < 4.78 is 0. The van der Waals surface area contributed by atoms with Gasteiger partial charge in [0.15, 0.2) is 0 Å². The number of aliphatic hydroxyl groups excluding tert-OH is 1. The molecular formula is C14H20ClN3O. The Morgan fingerprint density at radius 3 is 2.68 bits per heavy atom. The second-order valence-corrected chi connectivity index (χ2v) is 5.93. The van der Waals surface area contributed by atoms with Gasteiger partial charge in [-0.25, -0.2) is 4.98 Å². The van der Waals surface area contributed by atoms with Gasteiger partial charge in [-0.3, -0.25) is 4.90 Å². The van der Waals surface area contributed by atoms with E-state index in [9.17, 15) is 5.11 Å². The van der Waals surface area contributed by atoms with Crippen molar-refractivity contribution in [2.24, 2.45) is 0 Å². The van der Waals surface area contributed by atoms with E-state index in [2.05, 4.69) is 14.8 Å². The van der Waals surface area contributed by atoms with Crippen LogP contribution in [0.1, 0.15) is 18.5 Å². The Kier molecular flexibility index (Phi) is 3.65. The molecule has 19 heavy (non-hydrogen) atoms. The summed E-state index contributed by atoms with van der Waals surface area (Å²) in [7, 11) is 0. The second kappa shape index (κ2) is 5.27. The van der Waals surface area contributed by atoms with Gasteiger partial charge >= 0.3 is 0 Å². The Morgan fingerprint density at radius 2 is 2.00 bits per heavy atom. The molecule has 2 aliphatic rings. The van der Waals surface area contributed by atoms with Crippen LogP contribution in [0.2, 0.25) is 5.02 Å². The highest BCUT2D eigenvalue weighted by Gasteiger charge is 2.36. The number of likely N-dealkylation sites (tertiary alicyclic amines) is 1. The van der Waals surface area contributed by atoms with Crippen LogP contribution < -0.4 is 4.90 Å². The molecule has 1 aromatic heterocycles. The van der Waals surface area contributed by atoms with Crippen LogP contribution in [0, 0.1) is 6.92 Å². The normalized spacial score (nSPS) is 28.3. The number of hydrogen-bond acceptors (Lipinski definition) is 4. The monoisotopic (exact) mass is 281 g/mol. The zero-order valence-electron chi connectivity index (χ0n) is 11.2. The van der Waals surface area contributed by atoms with E-state index in [4.69, 9.17) is 11.6 Å². The number of nitrogens with zero attached hydrogens (tertiary/aromatic N) is 3. The van der Waals surface area contributed by atoms with Crippen molar-refractivity contribution < 1.29 is 5.11 Å². The number of hydrogen-bond donors (Lipinski definition) is 1. The van der Waals surface area contributed by atoms with E-state index >= 15 is 0 Å². The van der Waals surface area contributed by atoms with Gasteiger partial charge in [0.05, 0.1) is 22.9 Å². The summed E-state index contributed by atoms with van der Waals surface area (Å²) in [6, 6.07) is 4.07. The highest BCUT2D eigenvalue weighted by Crippen LogP contribution is 2.26. The molecule has 0 bridgehead atoms. The number of aromatic nitrogens is 1. The van der Waals surface area contributed by atoms with E-state index in [0.717, 1.165) is 31.1 Å². The molecular weight excluding hydrogens is 262 g/mol. The maximum absolute atomic E-state index is 10.3. The lowest BCUT2D eigenvalue weighted by molar-refractivity contribution is 0.0986. The third kappa shape index (κ3) is 2.57. The number of aryl methyl sites for hydroxylation is 1. The predicted octanol–water partition coefficient (Wildman–Crippen LogP) is 1.69.